The summed E-state index contributed by atoms with van der Waals surface area (Å²) in [4.78, 5) is 14.2. The number of nitrogens with one attached hydrogen (secondary N) is 2. The van der Waals surface area contributed by atoms with E-state index in [1.807, 2.05) is 0 Å². The first-order valence-corrected chi connectivity index (χ1v) is 9.19. The van der Waals surface area contributed by atoms with Crippen LogP contribution in [0.2, 0.25) is 10.0 Å². The standard InChI is InChI=1S/C17H25Cl2N3O2/c18-14-4-1-5-15(17(14)19)24-13-2-6-16(23)21-7-3-10-22-11-8-20-9-12-22/h1,4-5,20H,2-3,6-13H2,(H,21,23). The number of benzene rings is 1. The molecule has 2 N–H and O–H groups in total. The van der Waals surface area contributed by atoms with Gasteiger partial charge in [0.05, 0.1) is 11.6 Å². The highest BCUT2D eigenvalue weighted by Gasteiger charge is 2.09. The summed E-state index contributed by atoms with van der Waals surface area (Å²) in [6.07, 6.45) is 2.08. The zero-order chi connectivity index (χ0) is 17.2. The van der Waals surface area contributed by atoms with E-state index in [4.69, 9.17) is 27.9 Å². The first-order chi connectivity index (χ1) is 11.7. The molecular weight excluding hydrogens is 349 g/mol. The zero-order valence-electron chi connectivity index (χ0n) is 13.8. The Kier molecular flexibility index (Phi) is 8.67. The predicted molar refractivity (Wildman–Crippen MR) is 98.1 cm³/mol. The number of carbonyl (C=O) groups is 1. The third-order valence-corrected chi connectivity index (χ3v) is 4.71. The summed E-state index contributed by atoms with van der Waals surface area (Å²) in [7, 11) is 0. The summed E-state index contributed by atoms with van der Waals surface area (Å²) in [5.41, 5.74) is 0. The largest absolute Gasteiger partial charge is 0.492 e. The maximum atomic E-state index is 11.8. The minimum Gasteiger partial charge on any atom is -0.492 e. The van der Waals surface area contributed by atoms with E-state index in [0.717, 1.165) is 45.7 Å². The average Bonchev–Trinajstić information content (AvgIpc) is 2.60. The maximum Gasteiger partial charge on any atom is 0.220 e. The highest BCUT2D eigenvalue weighted by molar-refractivity contribution is 6.42. The quantitative estimate of drug-likeness (QED) is 0.653. The maximum absolute atomic E-state index is 11.8. The summed E-state index contributed by atoms with van der Waals surface area (Å²) < 4.78 is 5.56. The number of carbonyl (C=O) groups excluding carboxylic acids is 1. The monoisotopic (exact) mass is 373 g/mol. The fourth-order valence-electron chi connectivity index (χ4n) is 2.56. The van der Waals surface area contributed by atoms with Crippen molar-refractivity contribution in [2.24, 2.45) is 0 Å². The first-order valence-electron chi connectivity index (χ1n) is 8.43. The van der Waals surface area contributed by atoms with Gasteiger partial charge in [-0.3, -0.25) is 4.79 Å². The van der Waals surface area contributed by atoms with Crippen LogP contribution in [0.5, 0.6) is 5.75 Å². The van der Waals surface area contributed by atoms with Gasteiger partial charge in [0, 0.05) is 39.1 Å². The molecule has 0 radical (unpaired) electrons. The van der Waals surface area contributed by atoms with Gasteiger partial charge in [-0.1, -0.05) is 29.3 Å². The number of hydrogen-bond acceptors (Lipinski definition) is 4. The molecule has 5 nitrogen and oxygen atoms in total. The molecule has 0 aromatic heterocycles. The van der Waals surface area contributed by atoms with Crippen LogP contribution < -0.4 is 15.4 Å². The van der Waals surface area contributed by atoms with Gasteiger partial charge in [-0.2, -0.15) is 0 Å². The Morgan fingerprint density at radius 3 is 2.83 bits per heavy atom. The third kappa shape index (κ3) is 6.85. The molecule has 0 bridgehead atoms. The van der Waals surface area contributed by atoms with Crippen molar-refractivity contribution in [1.29, 1.82) is 0 Å². The van der Waals surface area contributed by atoms with Gasteiger partial charge in [-0.05, 0) is 31.5 Å². The van der Waals surface area contributed by atoms with Crippen molar-refractivity contribution in [3.05, 3.63) is 28.2 Å². The second kappa shape index (κ2) is 10.8. The second-order valence-electron chi connectivity index (χ2n) is 5.80. The summed E-state index contributed by atoms with van der Waals surface area (Å²) in [5.74, 6) is 0.622. The Morgan fingerprint density at radius 1 is 1.25 bits per heavy atom. The molecule has 7 heteroatoms. The van der Waals surface area contributed by atoms with Crippen molar-refractivity contribution < 1.29 is 9.53 Å². The van der Waals surface area contributed by atoms with Gasteiger partial charge in [-0.25, -0.2) is 0 Å². The number of ether oxygens (including phenoxy) is 1. The Bertz CT molecular complexity index is 523. The molecule has 1 amide bonds. The van der Waals surface area contributed by atoms with Gasteiger partial charge >= 0.3 is 0 Å². The topological polar surface area (TPSA) is 53.6 Å². The fraction of sp³-hybridized carbons (Fsp3) is 0.588. The van der Waals surface area contributed by atoms with Crippen LogP contribution in [0.3, 0.4) is 0 Å². The van der Waals surface area contributed by atoms with Crippen molar-refractivity contribution in [2.45, 2.75) is 19.3 Å². The lowest BCUT2D eigenvalue weighted by Crippen LogP contribution is -2.44. The molecule has 1 saturated heterocycles. The summed E-state index contributed by atoms with van der Waals surface area (Å²) in [5, 5.41) is 7.17. The fourth-order valence-corrected chi connectivity index (χ4v) is 2.91. The Balaban J connectivity index is 1.51. The Labute approximate surface area is 153 Å². The molecule has 1 heterocycles. The normalized spacial score (nSPS) is 15.2. The van der Waals surface area contributed by atoms with E-state index in [-0.39, 0.29) is 5.91 Å². The predicted octanol–water partition coefficient (Wildman–Crippen LogP) is 2.56. The Morgan fingerprint density at radius 2 is 2.04 bits per heavy atom. The van der Waals surface area contributed by atoms with Crippen LogP contribution in [-0.4, -0.2) is 56.7 Å². The molecule has 0 spiro atoms. The number of halogens is 2. The van der Waals surface area contributed by atoms with E-state index in [0.29, 0.717) is 35.2 Å². The minimum atomic E-state index is 0.0658. The smallest absolute Gasteiger partial charge is 0.220 e. The highest BCUT2D eigenvalue weighted by Crippen LogP contribution is 2.31. The van der Waals surface area contributed by atoms with Crippen molar-refractivity contribution in [3.63, 3.8) is 0 Å². The SMILES string of the molecule is O=C(CCCOc1cccc(Cl)c1Cl)NCCCN1CCNCC1. The second-order valence-corrected chi connectivity index (χ2v) is 6.58. The number of piperazine rings is 1. The average molecular weight is 374 g/mol. The molecule has 24 heavy (non-hydrogen) atoms. The molecule has 1 aliphatic heterocycles. The molecule has 0 aliphatic carbocycles. The van der Waals surface area contributed by atoms with Crippen LogP contribution in [-0.2, 0) is 4.79 Å². The van der Waals surface area contributed by atoms with Crippen LogP contribution in [0.4, 0.5) is 0 Å². The van der Waals surface area contributed by atoms with E-state index in [1.54, 1.807) is 18.2 Å². The highest BCUT2D eigenvalue weighted by atomic mass is 35.5. The van der Waals surface area contributed by atoms with Crippen LogP contribution in [0.1, 0.15) is 19.3 Å². The molecule has 1 aromatic rings. The molecule has 2 rings (SSSR count). The number of amides is 1. The molecule has 1 fully saturated rings. The summed E-state index contributed by atoms with van der Waals surface area (Å²) in [6.45, 7) is 6.51. The van der Waals surface area contributed by atoms with Gasteiger partial charge < -0.3 is 20.3 Å². The zero-order valence-corrected chi connectivity index (χ0v) is 15.3. The van der Waals surface area contributed by atoms with E-state index in [9.17, 15) is 4.79 Å². The number of nitrogens with zero attached hydrogens (tertiary/aromatic N) is 1. The lowest BCUT2D eigenvalue weighted by molar-refractivity contribution is -0.121. The number of hydrogen-bond donors (Lipinski definition) is 2. The summed E-state index contributed by atoms with van der Waals surface area (Å²) >= 11 is 12.0. The van der Waals surface area contributed by atoms with Crippen molar-refractivity contribution in [3.8, 4) is 5.75 Å². The Hall–Kier alpha value is -1.01. The van der Waals surface area contributed by atoms with Crippen LogP contribution in [0.25, 0.3) is 0 Å². The lowest BCUT2D eigenvalue weighted by atomic mass is 10.3. The van der Waals surface area contributed by atoms with Crippen LogP contribution in [0, 0.1) is 0 Å². The van der Waals surface area contributed by atoms with Gasteiger partial charge in [-0.15, -0.1) is 0 Å². The van der Waals surface area contributed by atoms with Gasteiger partial charge in [0.1, 0.15) is 10.8 Å². The molecule has 0 saturated carbocycles. The van der Waals surface area contributed by atoms with E-state index < -0.39 is 0 Å². The molecule has 0 atom stereocenters. The van der Waals surface area contributed by atoms with Gasteiger partial charge in [0.15, 0.2) is 0 Å². The van der Waals surface area contributed by atoms with E-state index in [2.05, 4.69) is 15.5 Å². The van der Waals surface area contributed by atoms with Crippen molar-refractivity contribution in [2.75, 3.05) is 45.9 Å². The minimum absolute atomic E-state index is 0.0658. The number of rotatable bonds is 9. The van der Waals surface area contributed by atoms with Crippen LogP contribution >= 0.6 is 23.2 Å². The summed E-state index contributed by atoms with van der Waals surface area (Å²) in [6, 6.07) is 5.27. The molecule has 1 aliphatic rings. The lowest BCUT2D eigenvalue weighted by Gasteiger charge is -2.27. The third-order valence-electron chi connectivity index (χ3n) is 3.90. The first kappa shape index (κ1) is 19.3. The molecule has 0 unspecified atom stereocenters. The van der Waals surface area contributed by atoms with E-state index >= 15 is 0 Å². The molecule has 1 aromatic carbocycles. The molecular formula is C17H25Cl2N3O2. The van der Waals surface area contributed by atoms with Crippen molar-refractivity contribution >= 4 is 29.1 Å². The van der Waals surface area contributed by atoms with Gasteiger partial charge in [0.25, 0.3) is 0 Å². The van der Waals surface area contributed by atoms with Crippen molar-refractivity contribution in [1.82, 2.24) is 15.5 Å². The van der Waals surface area contributed by atoms with Crippen LogP contribution in [0.15, 0.2) is 18.2 Å². The van der Waals surface area contributed by atoms with E-state index in [1.165, 1.54) is 0 Å². The van der Waals surface area contributed by atoms with Gasteiger partial charge in [0.2, 0.25) is 5.91 Å². The molecule has 134 valence electrons.